The molecule has 0 fully saturated rings. The molecular weight excluding hydrogens is 475 g/mol. The lowest BCUT2D eigenvalue weighted by Crippen LogP contribution is -2.25. The van der Waals surface area contributed by atoms with Gasteiger partial charge in [-0.1, -0.05) is 0 Å². The number of nitrogens with zero attached hydrogens (tertiary/aromatic N) is 2. The third kappa shape index (κ3) is 4.15. The molecule has 34 heavy (non-hydrogen) atoms. The Morgan fingerprint density at radius 2 is 1.85 bits per heavy atom. The van der Waals surface area contributed by atoms with Crippen molar-refractivity contribution in [2.24, 2.45) is 0 Å². The quantitative estimate of drug-likeness (QED) is 0.411. The summed E-state index contributed by atoms with van der Waals surface area (Å²) in [4.78, 5) is 25.6. The molecule has 1 amide bonds. The zero-order valence-electron chi connectivity index (χ0n) is 17.3. The number of benzene rings is 2. The van der Waals surface area contributed by atoms with E-state index in [1.54, 1.807) is 29.8 Å². The van der Waals surface area contributed by atoms with Crippen LogP contribution in [0.15, 0.2) is 48.5 Å². The number of ether oxygens (including phenoxy) is 3. The van der Waals surface area contributed by atoms with Gasteiger partial charge in [-0.25, -0.2) is 13.9 Å². The van der Waals surface area contributed by atoms with Crippen molar-refractivity contribution in [3.05, 3.63) is 64.9 Å². The third-order valence-corrected chi connectivity index (χ3v) is 5.93. The highest BCUT2D eigenvalue weighted by atomic mass is 32.1. The Hall–Kier alpha value is -4.06. The molecule has 0 aliphatic carbocycles. The van der Waals surface area contributed by atoms with Crippen LogP contribution in [0, 0.1) is 12.7 Å². The van der Waals surface area contributed by atoms with Gasteiger partial charge in [0, 0.05) is 17.1 Å². The molecule has 0 atom stereocenters. The molecule has 174 valence electrons. The number of rotatable bonds is 5. The highest BCUT2D eigenvalue weighted by Crippen LogP contribution is 2.42. The molecule has 0 unspecified atom stereocenters. The van der Waals surface area contributed by atoms with Crippen molar-refractivity contribution in [1.82, 2.24) is 9.78 Å². The van der Waals surface area contributed by atoms with Crippen LogP contribution in [0.25, 0.3) is 15.9 Å². The van der Waals surface area contributed by atoms with Crippen LogP contribution >= 0.6 is 11.3 Å². The van der Waals surface area contributed by atoms with Crippen molar-refractivity contribution in [3.63, 3.8) is 0 Å². The van der Waals surface area contributed by atoms with Crippen LogP contribution in [0.4, 0.5) is 18.9 Å². The molecule has 3 heterocycles. The maximum absolute atomic E-state index is 13.2. The minimum absolute atomic E-state index is 0.159. The summed E-state index contributed by atoms with van der Waals surface area (Å²) in [6.07, 6.45) is -3.77. The van der Waals surface area contributed by atoms with Crippen LogP contribution in [-0.4, -0.2) is 34.6 Å². The highest BCUT2D eigenvalue weighted by molar-refractivity contribution is 7.20. The molecule has 1 N–H and O–H groups in total. The smallest absolute Gasteiger partial charge is 0.451 e. The maximum atomic E-state index is 13.2. The molecule has 0 saturated heterocycles. The fourth-order valence-corrected chi connectivity index (χ4v) is 4.41. The van der Waals surface area contributed by atoms with E-state index >= 15 is 0 Å². The third-order valence-electron chi connectivity index (χ3n) is 4.84. The fourth-order valence-electron chi connectivity index (χ4n) is 3.33. The number of amides is 1. The van der Waals surface area contributed by atoms with Gasteiger partial charge in [-0.3, -0.25) is 4.79 Å². The summed E-state index contributed by atoms with van der Waals surface area (Å²) in [7, 11) is 0. The molecule has 0 radical (unpaired) electrons. The van der Waals surface area contributed by atoms with E-state index in [9.17, 15) is 22.8 Å². The van der Waals surface area contributed by atoms with Crippen molar-refractivity contribution in [1.29, 1.82) is 0 Å². The summed E-state index contributed by atoms with van der Waals surface area (Å²) in [5.74, 6) is -2.15. The molecule has 5 rings (SSSR count). The summed E-state index contributed by atoms with van der Waals surface area (Å²) in [6, 6.07) is 11.1. The zero-order valence-corrected chi connectivity index (χ0v) is 18.1. The summed E-state index contributed by atoms with van der Waals surface area (Å²) in [5.41, 5.74) is 1.46. The lowest BCUT2D eigenvalue weighted by atomic mass is 10.3. The SMILES string of the molecule is Cc1nn(-c2ccc(F)cc2)c2sc(C(=O)OCC(=O)Nc3ccc4c(c3)OC(F)(F)O4)cc12. The molecular formula is C22H14F3N3O5S. The Kier molecular flexibility index (Phi) is 5.16. The number of hydrogen-bond donors (Lipinski definition) is 1. The van der Waals surface area contributed by atoms with Crippen molar-refractivity contribution >= 4 is 39.1 Å². The van der Waals surface area contributed by atoms with Gasteiger partial charge in [0.15, 0.2) is 18.1 Å². The second-order valence-corrected chi connectivity index (χ2v) is 8.29. The number of esters is 1. The predicted molar refractivity (Wildman–Crippen MR) is 115 cm³/mol. The topological polar surface area (TPSA) is 91.7 Å². The number of carbonyl (C=O) groups excluding carboxylic acids is 2. The Bertz CT molecular complexity index is 1430. The number of hydrogen-bond acceptors (Lipinski definition) is 7. The lowest BCUT2D eigenvalue weighted by molar-refractivity contribution is -0.286. The number of anilines is 1. The summed E-state index contributed by atoms with van der Waals surface area (Å²) in [5, 5.41) is 7.59. The maximum Gasteiger partial charge on any atom is 0.586 e. The molecule has 1 aliphatic rings. The number of thiophene rings is 1. The Balaban J connectivity index is 1.25. The van der Waals surface area contributed by atoms with Gasteiger partial charge < -0.3 is 19.5 Å². The zero-order chi connectivity index (χ0) is 24.0. The van der Waals surface area contributed by atoms with Crippen LogP contribution < -0.4 is 14.8 Å². The number of alkyl halides is 2. The van der Waals surface area contributed by atoms with E-state index < -0.39 is 24.8 Å². The first-order valence-corrected chi connectivity index (χ1v) is 10.6. The first-order valence-electron chi connectivity index (χ1n) is 9.80. The normalized spacial score (nSPS) is 13.8. The monoisotopic (exact) mass is 489 g/mol. The summed E-state index contributed by atoms with van der Waals surface area (Å²) >= 11 is 1.12. The summed E-state index contributed by atoms with van der Waals surface area (Å²) < 4.78 is 54.8. The molecule has 8 nitrogen and oxygen atoms in total. The Morgan fingerprint density at radius 3 is 2.62 bits per heavy atom. The number of aromatic nitrogens is 2. The van der Waals surface area contributed by atoms with E-state index in [1.165, 1.54) is 30.3 Å². The van der Waals surface area contributed by atoms with Crippen LogP contribution in [0.3, 0.4) is 0 Å². The predicted octanol–water partition coefficient (Wildman–Crippen LogP) is 4.65. The standard InChI is InChI=1S/C22H14F3N3O5S/c1-11-15-9-18(34-20(15)28(27-11)14-5-2-12(23)3-6-14)21(30)31-10-19(29)26-13-4-7-16-17(8-13)33-22(24,25)32-16/h2-9H,10H2,1H3,(H,26,29). The van der Waals surface area contributed by atoms with Crippen LogP contribution in [-0.2, 0) is 9.53 Å². The molecule has 0 bridgehead atoms. The first kappa shape index (κ1) is 21.8. The molecule has 0 saturated carbocycles. The minimum Gasteiger partial charge on any atom is -0.451 e. The number of fused-ring (bicyclic) bond motifs is 2. The van der Waals surface area contributed by atoms with Crippen LogP contribution in [0.2, 0.25) is 0 Å². The Morgan fingerprint density at radius 1 is 1.12 bits per heavy atom. The number of carbonyl (C=O) groups is 2. The average molecular weight is 489 g/mol. The van der Waals surface area contributed by atoms with Gasteiger partial charge in [-0.05, 0) is 49.4 Å². The summed E-state index contributed by atoms with van der Waals surface area (Å²) in [6.45, 7) is 1.18. The van der Waals surface area contributed by atoms with E-state index in [0.29, 0.717) is 16.2 Å². The fraction of sp³-hybridized carbons (Fsp3) is 0.136. The molecule has 4 aromatic rings. The minimum atomic E-state index is -3.77. The second kappa shape index (κ2) is 8.06. The van der Waals surface area contributed by atoms with Crippen molar-refractivity contribution in [2.45, 2.75) is 13.2 Å². The average Bonchev–Trinajstić information content (AvgIpc) is 3.44. The van der Waals surface area contributed by atoms with E-state index in [0.717, 1.165) is 16.7 Å². The molecule has 0 spiro atoms. The van der Waals surface area contributed by atoms with Crippen molar-refractivity contribution in [2.75, 3.05) is 11.9 Å². The highest BCUT2D eigenvalue weighted by Gasteiger charge is 2.43. The van der Waals surface area contributed by atoms with Gasteiger partial charge in [0.25, 0.3) is 5.91 Å². The number of halogens is 3. The molecule has 2 aromatic heterocycles. The van der Waals surface area contributed by atoms with Gasteiger partial charge in [-0.15, -0.1) is 20.1 Å². The van der Waals surface area contributed by atoms with E-state index in [1.807, 2.05) is 0 Å². The van der Waals surface area contributed by atoms with E-state index in [2.05, 4.69) is 19.9 Å². The van der Waals surface area contributed by atoms with Crippen LogP contribution in [0.5, 0.6) is 11.5 Å². The first-order chi connectivity index (χ1) is 16.2. The van der Waals surface area contributed by atoms with E-state index in [-0.39, 0.29) is 27.9 Å². The Labute approximate surface area is 193 Å². The van der Waals surface area contributed by atoms with Gasteiger partial charge >= 0.3 is 12.3 Å². The largest absolute Gasteiger partial charge is 0.586 e. The molecule has 12 heteroatoms. The van der Waals surface area contributed by atoms with Gasteiger partial charge in [-0.2, -0.15) is 5.10 Å². The number of nitrogens with one attached hydrogen (secondary N) is 1. The second-order valence-electron chi connectivity index (χ2n) is 7.26. The van der Waals surface area contributed by atoms with E-state index in [4.69, 9.17) is 4.74 Å². The van der Waals surface area contributed by atoms with Crippen molar-refractivity contribution < 1.29 is 37.0 Å². The van der Waals surface area contributed by atoms with Crippen molar-refractivity contribution in [3.8, 4) is 17.2 Å². The lowest BCUT2D eigenvalue weighted by Gasteiger charge is -2.06. The molecule has 2 aromatic carbocycles. The number of aryl methyl sites for hydroxylation is 1. The molecule has 1 aliphatic heterocycles. The van der Waals surface area contributed by atoms with Gasteiger partial charge in [0.1, 0.15) is 15.5 Å². The van der Waals surface area contributed by atoms with Gasteiger partial charge in [0.2, 0.25) is 0 Å². The van der Waals surface area contributed by atoms with Gasteiger partial charge in [0.05, 0.1) is 11.4 Å². The van der Waals surface area contributed by atoms with Crippen LogP contribution in [0.1, 0.15) is 15.4 Å².